The van der Waals surface area contributed by atoms with Crippen molar-refractivity contribution in [3.8, 4) is 0 Å². The van der Waals surface area contributed by atoms with Crippen LogP contribution in [-0.2, 0) is 19.1 Å². The monoisotopic (exact) mass is 346 g/mol. The molecule has 0 amide bonds. The number of hydrogen-bond acceptors (Lipinski definition) is 5. The summed E-state index contributed by atoms with van der Waals surface area (Å²) in [6, 6.07) is 0. The minimum absolute atomic E-state index is 0.0481. The predicted molar refractivity (Wildman–Crippen MR) is 84.9 cm³/mol. The number of aliphatic hydroxyl groups is 1. The van der Waals surface area contributed by atoms with E-state index in [0.717, 1.165) is 0 Å². The molecule has 0 bridgehead atoms. The van der Waals surface area contributed by atoms with Gasteiger partial charge < -0.3 is 20.1 Å². The van der Waals surface area contributed by atoms with Crippen molar-refractivity contribution in [1.29, 1.82) is 0 Å². The van der Waals surface area contributed by atoms with Crippen molar-refractivity contribution in [2.45, 2.75) is 19.4 Å². The highest BCUT2D eigenvalue weighted by atomic mass is 35.5. The van der Waals surface area contributed by atoms with E-state index in [1.54, 1.807) is 0 Å². The van der Waals surface area contributed by atoms with Crippen molar-refractivity contribution in [1.82, 2.24) is 0 Å². The van der Waals surface area contributed by atoms with Gasteiger partial charge >= 0.3 is 17.9 Å². The molecule has 0 aromatic rings. The van der Waals surface area contributed by atoms with Crippen molar-refractivity contribution in [3.05, 3.63) is 48.1 Å². The van der Waals surface area contributed by atoms with E-state index in [0.29, 0.717) is 5.03 Å². The Morgan fingerprint density at radius 1 is 1.17 bits per heavy atom. The maximum Gasteiger partial charge on any atom is 0.337 e. The van der Waals surface area contributed by atoms with E-state index in [9.17, 15) is 14.4 Å². The van der Waals surface area contributed by atoms with Gasteiger partial charge in [-0.25, -0.2) is 9.59 Å². The van der Waals surface area contributed by atoms with E-state index in [-0.39, 0.29) is 17.8 Å². The number of carboxylic acid groups (broad SMARTS) is 2. The quantitative estimate of drug-likeness (QED) is 0.348. The molecule has 23 heavy (non-hydrogen) atoms. The summed E-state index contributed by atoms with van der Waals surface area (Å²) in [6.07, 6.45) is 1.65. The zero-order valence-electron chi connectivity index (χ0n) is 12.6. The first-order chi connectivity index (χ1) is 10.5. The number of carbonyl (C=O) groups is 3. The third-order valence-corrected chi connectivity index (χ3v) is 1.98. The molecular weight excluding hydrogens is 328 g/mol. The number of ether oxygens (including phenoxy) is 1. The van der Waals surface area contributed by atoms with Crippen LogP contribution in [-0.4, -0.2) is 45.9 Å². The second-order valence-electron chi connectivity index (χ2n) is 4.23. The highest BCUT2D eigenvalue weighted by Gasteiger charge is 2.07. The van der Waals surface area contributed by atoms with Crippen molar-refractivity contribution in [2.24, 2.45) is 0 Å². The van der Waals surface area contributed by atoms with Crippen LogP contribution in [0.15, 0.2) is 48.1 Å². The van der Waals surface area contributed by atoms with Gasteiger partial charge in [-0.05, 0) is 19.1 Å². The Labute approximate surface area is 138 Å². The van der Waals surface area contributed by atoms with Crippen molar-refractivity contribution < 1.29 is 34.4 Å². The Hall–Kier alpha value is -2.38. The molecule has 0 aliphatic rings. The molecule has 1 atom stereocenters. The highest BCUT2D eigenvalue weighted by Crippen LogP contribution is 2.03. The summed E-state index contributed by atoms with van der Waals surface area (Å²) < 4.78 is 4.69. The first-order valence-corrected chi connectivity index (χ1v) is 6.54. The number of rotatable bonds is 8. The van der Waals surface area contributed by atoms with Gasteiger partial charge in [-0.15, -0.1) is 0 Å². The fraction of sp³-hybridized carbons (Fsp3) is 0.267. The molecule has 0 fully saturated rings. The Morgan fingerprint density at radius 3 is 2.00 bits per heavy atom. The van der Waals surface area contributed by atoms with E-state index in [1.807, 2.05) is 0 Å². The number of halogens is 1. The summed E-state index contributed by atoms with van der Waals surface area (Å²) in [5.41, 5.74) is -0.144. The first-order valence-electron chi connectivity index (χ1n) is 6.16. The molecule has 0 heterocycles. The topological polar surface area (TPSA) is 121 Å². The molecule has 0 aliphatic carbocycles. The largest absolute Gasteiger partial charge is 0.481 e. The first kappa shape index (κ1) is 22.9. The average molecular weight is 347 g/mol. The maximum atomic E-state index is 11.1. The van der Waals surface area contributed by atoms with Crippen LogP contribution in [0, 0.1) is 0 Å². The van der Waals surface area contributed by atoms with E-state index < -0.39 is 30.4 Å². The molecule has 0 saturated heterocycles. The molecule has 0 aliphatic heterocycles. The molecule has 0 saturated carbocycles. The van der Waals surface area contributed by atoms with Gasteiger partial charge in [-0.1, -0.05) is 31.3 Å². The smallest absolute Gasteiger partial charge is 0.337 e. The van der Waals surface area contributed by atoms with Crippen LogP contribution in [0.25, 0.3) is 0 Å². The summed E-state index contributed by atoms with van der Waals surface area (Å²) in [7, 11) is 0. The lowest BCUT2D eigenvalue weighted by Crippen LogP contribution is -2.15. The average Bonchev–Trinajstić information content (AvgIpc) is 2.41. The number of esters is 1. The van der Waals surface area contributed by atoms with E-state index in [2.05, 4.69) is 24.5 Å². The molecule has 8 heteroatoms. The van der Waals surface area contributed by atoms with Crippen molar-refractivity contribution >= 4 is 29.5 Å². The highest BCUT2D eigenvalue weighted by molar-refractivity contribution is 6.30. The summed E-state index contributed by atoms with van der Waals surface area (Å²) in [5, 5.41) is 25.2. The molecule has 3 N–H and O–H groups in total. The minimum atomic E-state index is -1.27. The van der Waals surface area contributed by atoms with Gasteiger partial charge in [0.15, 0.2) is 0 Å². The van der Waals surface area contributed by atoms with Crippen LogP contribution in [0.2, 0.25) is 0 Å². The predicted octanol–water partition coefficient (Wildman–Crippen LogP) is 1.88. The zero-order chi connectivity index (χ0) is 18.6. The fourth-order valence-electron chi connectivity index (χ4n) is 0.806. The SMILES string of the molecule is C=C(CC(=O)O)C(=O)O.C=C(Cl)C=CC(=C)C(=O)OCC(C)O. The Bertz CT molecular complexity index is 518. The van der Waals surface area contributed by atoms with Crippen LogP contribution >= 0.6 is 11.6 Å². The number of hydrogen-bond donors (Lipinski definition) is 3. The lowest BCUT2D eigenvalue weighted by Gasteiger charge is -2.05. The third kappa shape index (κ3) is 15.8. The molecule has 1 unspecified atom stereocenters. The molecule has 0 aromatic carbocycles. The molecule has 0 radical (unpaired) electrons. The second-order valence-corrected chi connectivity index (χ2v) is 4.72. The summed E-state index contributed by atoms with van der Waals surface area (Å²) in [5.74, 6) is -3.03. The molecule has 0 rings (SSSR count). The number of aliphatic hydroxyl groups excluding tert-OH is 1. The maximum absolute atomic E-state index is 11.1. The van der Waals surface area contributed by atoms with Gasteiger partial charge in [0.2, 0.25) is 0 Å². The summed E-state index contributed by atoms with van der Waals surface area (Å²) in [6.45, 7) is 11.4. The third-order valence-electron chi connectivity index (χ3n) is 1.85. The van der Waals surface area contributed by atoms with E-state index >= 15 is 0 Å². The Balaban J connectivity index is 0. The van der Waals surface area contributed by atoms with E-state index in [1.165, 1.54) is 19.1 Å². The Morgan fingerprint density at radius 2 is 1.70 bits per heavy atom. The number of carboxylic acids is 2. The van der Waals surface area contributed by atoms with Crippen molar-refractivity contribution in [2.75, 3.05) is 6.61 Å². The lowest BCUT2D eigenvalue weighted by atomic mass is 10.2. The molecule has 0 spiro atoms. The second kappa shape index (κ2) is 12.2. The normalized spacial score (nSPS) is 10.9. The summed E-state index contributed by atoms with van der Waals surface area (Å²) >= 11 is 5.44. The van der Waals surface area contributed by atoms with Gasteiger partial charge in [-0.2, -0.15) is 0 Å². The van der Waals surface area contributed by atoms with Gasteiger partial charge in [0, 0.05) is 10.6 Å². The Kier molecular flexibility index (Phi) is 12.1. The molecule has 128 valence electrons. The lowest BCUT2D eigenvalue weighted by molar-refractivity contribution is -0.141. The van der Waals surface area contributed by atoms with Gasteiger partial charge in [0.1, 0.15) is 6.61 Å². The number of carbonyl (C=O) groups excluding carboxylic acids is 1. The van der Waals surface area contributed by atoms with E-state index in [4.69, 9.17) is 26.9 Å². The van der Waals surface area contributed by atoms with Gasteiger partial charge in [-0.3, -0.25) is 4.79 Å². The standard InChI is InChI=1S/C10H13ClO3.C5H6O4/c1-7(4-5-8(2)11)10(13)14-6-9(3)12;1-3(5(8)9)2-4(6)7/h4-5,9,12H,1-2,6H2,3H3;1-2H2,(H,6,7)(H,8,9). The number of aliphatic carboxylic acids is 2. The molecular formula is C15H19ClO7. The fourth-order valence-corrected chi connectivity index (χ4v) is 0.869. The van der Waals surface area contributed by atoms with Crippen LogP contribution in [0.1, 0.15) is 13.3 Å². The molecule has 0 aromatic heterocycles. The van der Waals surface area contributed by atoms with Crippen LogP contribution < -0.4 is 0 Å². The van der Waals surface area contributed by atoms with Gasteiger partial charge in [0.25, 0.3) is 0 Å². The van der Waals surface area contributed by atoms with Crippen LogP contribution in [0.3, 0.4) is 0 Å². The van der Waals surface area contributed by atoms with Crippen LogP contribution in [0.4, 0.5) is 0 Å². The minimum Gasteiger partial charge on any atom is -0.481 e. The van der Waals surface area contributed by atoms with Crippen LogP contribution in [0.5, 0.6) is 0 Å². The summed E-state index contributed by atoms with van der Waals surface area (Å²) in [4.78, 5) is 30.8. The van der Waals surface area contributed by atoms with Gasteiger partial charge in [0.05, 0.1) is 18.1 Å². The number of allylic oxidation sites excluding steroid dienone is 2. The van der Waals surface area contributed by atoms with Crippen molar-refractivity contribution in [3.63, 3.8) is 0 Å². The molecule has 7 nitrogen and oxygen atoms in total. The zero-order valence-corrected chi connectivity index (χ0v) is 13.4.